The molecule has 3 aromatic carbocycles. The monoisotopic (exact) mass is 448 g/mol. The van der Waals surface area contributed by atoms with E-state index < -0.39 is 0 Å². The third-order valence-corrected chi connectivity index (χ3v) is 8.55. The van der Waals surface area contributed by atoms with Gasteiger partial charge in [-0.25, -0.2) is 0 Å². The average molecular weight is 449 g/mol. The number of aryl methyl sites for hydroxylation is 3. The first-order valence-corrected chi connectivity index (χ1v) is 14.1. The quantitative estimate of drug-likeness (QED) is 0.243. The van der Waals surface area contributed by atoms with Crippen LogP contribution in [0.25, 0.3) is 0 Å². The molecule has 34 heavy (non-hydrogen) atoms. The van der Waals surface area contributed by atoms with Gasteiger partial charge in [-0.05, 0) is 89.7 Å². The number of benzene rings is 3. The summed E-state index contributed by atoms with van der Waals surface area (Å²) in [6.45, 7) is 0. The summed E-state index contributed by atoms with van der Waals surface area (Å²) in [6.07, 6.45) is 16.5. The molecule has 0 bridgehead atoms. The third-order valence-electron chi connectivity index (χ3n) is 8.55. The summed E-state index contributed by atoms with van der Waals surface area (Å²) >= 11 is 0. The van der Waals surface area contributed by atoms with Gasteiger partial charge in [0.05, 0.1) is 0 Å². The van der Waals surface area contributed by atoms with Crippen LogP contribution < -0.4 is 0 Å². The Morgan fingerprint density at radius 2 is 0.676 bits per heavy atom. The highest BCUT2D eigenvalue weighted by atomic mass is 14.3. The molecule has 176 valence electrons. The smallest absolute Gasteiger partial charge is 0.0339 e. The molecule has 0 heterocycles. The van der Waals surface area contributed by atoms with E-state index in [0.717, 1.165) is 17.8 Å². The molecule has 0 nitrogen and oxygen atoms in total. The fourth-order valence-electron chi connectivity index (χ4n) is 5.54. The summed E-state index contributed by atoms with van der Waals surface area (Å²) < 4.78 is 0. The molecule has 3 fully saturated rings. The summed E-state index contributed by atoms with van der Waals surface area (Å²) in [5, 5.41) is 0. The zero-order valence-corrected chi connectivity index (χ0v) is 20.7. The highest BCUT2D eigenvalue weighted by Gasteiger charge is 2.23. The lowest BCUT2D eigenvalue weighted by Gasteiger charge is -2.20. The maximum Gasteiger partial charge on any atom is 0.0339 e. The van der Waals surface area contributed by atoms with Crippen LogP contribution in [0.15, 0.2) is 72.8 Å². The topological polar surface area (TPSA) is 0 Å². The van der Waals surface area contributed by atoms with E-state index in [1.165, 1.54) is 110 Å². The summed E-state index contributed by atoms with van der Waals surface area (Å²) in [5.41, 5.74) is 8.77. The van der Waals surface area contributed by atoms with E-state index in [1.54, 1.807) is 0 Å². The van der Waals surface area contributed by atoms with Crippen molar-refractivity contribution in [1.29, 1.82) is 0 Å². The summed E-state index contributed by atoms with van der Waals surface area (Å²) in [5.74, 6) is 3.32. The molecule has 3 aromatic rings. The van der Waals surface area contributed by atoms with E-state index >= 15 is 0 Å². The Hall–Kier alpha value is -2.34. The van der Waals surface area contributed by atoms with Gasteiger partial charge in [0.1, 0.15) is 0 Å². The van der Waals surface area contributed by atoms with Crippen molar-refractivity contribution in [1.82, 2.24) is 0 Å². The van der Waals surface area contributed by atoms with Gasteiger partial charge < -0.3 is 0 Å². The fraction of sp³-hybridized carbons (Fsp3) is 0.471. The lowest BCUT2D eigenvalue weighted by Crippen LogP contribution is -2.04. The molecule has 3 saturated carbocycles. The molecule has 0 aliphatic heterocycles. The minimum Gasteiger partial charge on any atom is -0.0587 e. The number of hydrogen-bond acceptors (Lipinski definition) is 0. The Morgan fingerprint density at radius 1 is 0.412 bits per heavy atom. The highest BCUT2D eigenvalue weighted by Crippen LogP contribution is 2.37. The van der Waals surface area contributed by atoms with Crippen molar-refractivity contribution in [2.24, 2.45) is 17.8 Å². The Kier molecular flexibility index (Phi) is 6.58. The van der Waals surface area contributed by atoms with E-state index in [2.05, 4.69) is 72.8 Å². The van der Waals surface area contributed by atoms with Crippen LogP contribution in [0.5, 0.6) is 0 Å². The first-order chi connectivity index (χ1) is 16.8. The predicted molar refractivity (Wildman–Crippen MR) is 143 cm³/mol. The molecule has 3 aliphatic carbocycles. The van der Waals surface area contributed by atoms with Gasteiger partial charge >= 0.3 is 0 Å². The zero-order valence-electron chi connectivity index (χ0n) is 20.7. The van der Waals surface area contributed by atoms with Crippen molar-refractivity contribution in [2.75, 3.05) is 0 Å². The van der Waals surface area contributed by atoms with Crippen LogP contribution in [0, 0.1) is 17.8 Å². The molecule has 0 heteroatoms. The second kappa shape index (κ2) is 10.1. The van der Waals surface area contributed by atoms with Crippen molar-refractivity contribution in [2.45, 2.75) is 83.0 Å². The van der Waals surface area contributed by atoms with Gasteiger partial charge in [0, 0.05) is 5.92 Å². The molecule has 0 aromatic heterocycles. The Labute approximate surface area is 206 Å². The van der Waals surface area contributed by atoms with Crippen LogP contribution >= 0.6 is 0 Å². The molecule has 0 spiro atoms. The average Bonchev–Trinajstić information content (AvgIpc) is 3.73. The van der Waals surface area contributed by atoms with Gasteiger partial charge in [-0.15, -0.1) is 0 Å². The highest BCUT2D eigenvalue weighted by molar-refractivity contribution is 5.45. The van der Waals surface area contributed by atoms with Gasteiger partial charge in [-0.1, -0.05) is 111 Å². The molecule has 0 atom stereocenters. The van der Waals surface area contributed by atoms with Gasteiger partial charge in [-0.2, -0.15) is 0 Å². The number of hydrogen-bond donors (Lipinski definition) is 0. The van der Waals surface area contributed by atoms with Gasteiger partial charge in [0.2, 0.25) is 0 Å². The van der Waals surface area contributed by atoms with Crippen molar-refractivity contribution < 1.29 is 0 Å². The van der Waals surface area contributed by atoms with Crippen LogP contribution in [0.3, 0.4) is 0 Å². The lowest BCUT2D eigenvalue weighted by atomic mass is 9.83. The molecular formula is C34H40. The first-order valence-electron chi connectivity index (χ1n) is 14.1. The van der Waals surface area contributed by atoms with E-state index in [1.807, 2.05) is 0 Å². The van der Waals surface area contributed by atoms with Crippen molar-refractivity contribution in [3.63, 3.8) is 0 Å². The maximum absolute atomic E-state index is 2.40. The van der Waals surface area contributed by atoms with Crippen molar-refractivity contribution in [3.05, 3.63) is 106 Å². The molecule has 0 saturated heterocycles. The molecule has 0 amide bonds. The van der Waals surface area contributed by atoms with Crippen LogP contribution in [-0.2, 0) is 19.3 Å². The second-order valence-electron chi connectivity index (χ2n) is 11.6. The molecule has 0 N–H and O–H groups in total. The van der Waals surface area contributed by atoms with Crippen LogP contribution in [0.1, 0.15) is 97.1 Å². The van der Waals surface area contributed by atoms with Crippen LogP contribution in [-0.4, -0.2) is 0 Å². The normalized spacial score (nSPS) is 17.9. The van der Waals surface area contributed by atoms with E-state index in [0.29, 0.717) is 5.92 Å². The Balaban J connectivity index is 1.22. The van der Waals surface area contributed by atoms with Crippen molar-refractivity contribution in [3.8, 4) is 0 Å². The summed E-state index contributed by atoms with van der Waals surface area (Å²) in [4.78, 5) is 0. The Morgan fingerprint density at radius 3 is 0.912 bits per heavy atom. The number of rotatable bonds is 12. The van der Waals surface area contributed by atoms with Crippen LogP contribution in [0.4, 0.5) is 0 Å². The largest absolute Gasteiger partial charge is 0.0587 e. The van der Waals surface area contributed by atoms with Gasteiger partial charge in [0.15, 0.2) is 0 Å². The standard InChI is InChI=1S/C34H40/c1-2-25(1)7-10-28-13-19-31(20-14-28)34(32-21-15-29(16-22-32)11-8-26-3-4-26)33-23-17-30(18-24-33)12-9-27-5-6-27/h13-27,34H,1-12H2. The van der Waals surface area contributed by atoms with E-state index in [-0.39, 0.29) is 0 Å². The third kappa shape index (κ3) is 6.01. The maximum atomic E-state index is 2.40. The minimum absolute atomic E-state index is 0.312. The summed E-state index contributed by atoms with van der Waals surface area (Å²) in [7, 11) is 0. The van der Waals surface area contributed by atoms with Gasteiger partial charge in [0.25, 0.3) is 0 Å². The van der Waals surface area contributed by atoms with E-state index in [4.69, 9.17) is 0 Å². The minimum atomic E-state index is 0.312. The molecule has 3 aliphatic rings. The molecule has 0 radical (unpaired) electrons. The zero-order chi connectivity index (χ0) is 22.7. The van der Waals surface area contributed by atoms with Crippen LogP contribution in [0.2, 0.25) is 0 Å². The van der Waals surface area contributed by atoms with Gasteiger partial charge in [-0.3, -0.25) is 0 Å². The lowest BCUT2D eigenvalue weighted by molar-refractivity contribution is 0.725. The first kappa shape index (κ1) is 22.1. The molecule has 0 unspecified atom stereocenters. The molecule has 6 rings (SSSR count). The van der Waals surface area contributed by atoms with E-state index in [9.17, 15) is 0 Å². The molecular weight excluding hydrogens is 408 g/mol. The predicted octanol–water partition coefficient (Wildman–Crippen LogP) is 8.89. The van der Waals surface area contributed by atoms with Crippen molar-refractivity contribution >= 4 is 0 Å². The summed E-state index contributed by atoms with van der Waals surface area (Å²) in [6, 6.07) is 28.7. The second-order valence-corrected chi connectivity index (χ2v) is 11.6. The fourth-order valence-corrected chi connectivity index (χ4v) is 5.54. The SMILES string of the molecule is c1cc(C(c2ccc(CCC3CC3)cc2)c2ccc(CCC3CC3)cc2)ccc1CCC1CC1. The Bertz CT molecular complexity index is 903.